The van der Waals surface area contributed by atoms with Gasteiger partial charge in [0.05, 0.1) is 6.07 Å². The van der Waals surface area contributed by atoms with Crippen molar-refractivity contribution in [3.05, 3.63) is 0 Å². The van der Waals surface area contributed by atoms with Crippen molar-refractivity contribution in [1.82, 2.24) is 31.9 Å². The lowest BCUT2D eigenvalue weighted by Gasteiger charge is -2.20. The number of unbranched alkanes of at least 4 members (excludes halogenated alkanes) is 19. The van der Waals surface area contributed by atoms with Gasteiger partial charge in [0.2, 0.25) is 0 Å². The van der Waals surface area contributed by atoms with E-state index in [9.17, 15) is 0 Å². The second kappa shape index (κ2) is 91.5. The van der Waals surface area contributed by atoms with E-state index in [4.69, 9.17) is 28.2 Å². The summed E-state index contributed by atoms with van der Waals surface area (Å²) in [6, 6.07) is 2.15. The molecule has 0 radical (unpaired) electrons. The normalized spacial score (nSPS) is 17.8. The van der Waals surface area contributed by atoms with Gasteiger partial charge in [0.15, 0.2) is 0 Å². The van der Waals surface area contributed by atoms with E-state index in [1.807, 2.05) is 20.8 Å². The quantitative estimate of drug-likeness (QED) is 0.0260. The second-order valence-electron chi connectivity index (χ2n) is 47.0. The summed E-state index contributed by atoms with van der Waals surface area (Å²) < 4.78 is 0. The van der Waals surface area contributed by atoms with E-state index in [0.717, 1.165) is 119 Å². The Labute approximate surface area is 818 Å². The summed E-state index contributed by atoms with van der Waals surface area (Å²) in [4.78, 5) is 0. The van der Waals surface area contributed by atoms with Crippen LogP contribution in [-0.2, 0) is 0 Å². The molecule has 4 fully saturated rings. The van der Waals surface area contributed by atoms with Gasteiger partial charge in [0.25, 0.3) is 0 Å². The predicted molar refractivity (Wildman–Crippen MR) is 578 cm³/mol. The zero-order chi connectivity index (χ0) is 88.3. The third-order valence-corrected chi connectivity index (χ3v) is 21.3. The molecular weight excluding hydrogens is 1670 g/mol. The van der Waals surface area contributed by atoms with Gasteiger partial charge in [-0.2, -0.15) is 5.26 Å². The average molecular weight is 1910 g/mol. The molecule has 0 aromatic heterocycles. The van der Waals surface area contributed by atoms with E-state index >= 15 is 0 Å². The summed E-state index contributed by atoms with van der Waals surface area (Å²) in [6.45, 7) is 83.8. The van der Waals surface area contributed by atoms with Crippen LogP contribution in [0.5, 0.6) is 0 Å². The third kappa shape index (κ3) is 150. The van der Waals surface area contributed by atoms with Crippen molar-refractivity contribution in [1.29, 1.82) is 5.26 Å². The third-order valence-electron chi connectivity index (χ3n) is 21.3. The Hall–Kier alpha value is 1.41. The van der Waals surface area contributed by atoms with Crippen LogP contribution in [0.25, 0.3) is 0 Å². The molecule has 0 amide bonds. The van der Waals surface area contributed by atoms with Crippen LogP contribution in [0.2, 0.25) is 0 Å². The minimum atomic E-state index is 0. The van der Waals surface area contributed by atoms with E-state index in [1.165, 1.54) is 270 Å². The van der Waals surface area contributed by atoms with Gasteiger partial charge in [0.1, 0.15) is 0 Å². The molecule has 0 saturated heterocycles. The van der Waals surface area contributed by atoms with Crippen molar-refractivity contribution in [3.63, 3.8) is 0 Å². The highest BCUT2D eigenvalue weighted by Crippen LogP contribution is 2.46. The van der Waals surface area contributed by atoms with Gasteiger partial charge in [-0.25, -0.2) is 0 Å². The number of nitrogens with zero attached hydrogens (tertiary/aromatic N) is 1. The Morgan fingerprint density at radius 1 is 0.270 bits per heavy atom. The average Bonchev–Trinajstić information content (AvgIpc) is 1.73. The van der Waals surface area contributed by atoms with E-state index in [0.29, 0.717) is 32.5 Å². The van der Waals surface area contributed by atoms with Crippen LogP contribution in [0.15, 0.2) is 0 Å². The molecule has 8 atom stereocenters. The number of hydrogen-bond acceptors (Lipinski definition) is 11. The van der Waals surface area contributed by atoms with Crippen molar-refractivity contribution >= 4 is 99.3 Å². The number of rotatable bonds is 53. The van der Waals surface area contributed by atoms with Gasteiger partial charge in [0, 0.05) is 23.0 Å². The molecule has 11 nitrogen and oxygen atoms in total. The standard InChI is InChI=1S/C25H50.C21H46N4.C13H30N4.C10H22.C9H21N.C9H17N.C7H14.C5H12.C4H11N.8ClH/c1-24(2,3)19-15-11-7-9-13-17-22-21-23(22)18-14-10-8-12-16-20-25(4,5)6;1-20(2,3)24-13-9-7-11-22-16-18-15-19(18)17-23-12-8-10-14-25-21(4,5)6;14-5-1-3-7-16-10-12-9-13(12)11-17-8-4-2-6-15;1-5-6-7-8-9-10(2,3)4;2*1-9(2,3)7-5-4-6-8-10;1-3-6-5-7(6)4-2;1-5(2,3)4;1-4(2,3)5;;;;;;;;/h22-23H,7-21H2,1-6H3;18-19,22-25H,7-17H2,1-6H3;12-13,16-17H,1-11,14-15H2;5-9H2,1-4H3;4-8,10H2,1-3H3;4-7H2,1-3H3;6-7H,3-5H2,1-2H3;1-4H3;5H2,1-3H3;8*1H. The molecule has 19 heteroatoms. The van der Waals surface area contributed by atoms with Crippen molar-refractivity contribution in [2.45, 2.75) is 495 Å². The summed E-state index contributed by atoms with van der Waals surface area (Å²) in [7, 11) is 0. The van der Waals surface area contributed by atoms with Crippen molar-refractivity contribution in [2.24, 2.45) is 103 Å². The zero-order valence-electron chi connectivity index (χ0n) is 87.8. The van der Waals surface area contributed by atoms with Crippen LogP contribution < -0.4 is 54.8 Å². The van der Waals surface area contributed by atoms with Crippen molar-refractivity contribution < 1.29 is 0 Å². The number of halogens is 8. The molecule has 4 rings (SSSR count). The van der Waals surface area contributed by atoms with Crippen LogP contribution in [-0.4, -0.2) is 102 Å². The molecule has 0 bridgehead atoms. The van der Waals surface area contributed by atoms with Crippen LogP contribution in [0.3, 0.4) is 0 Å². The molecule has 4 aliphatic rings. The molecule has 0 spiro atoms. The molecule has 0 heterocycles. The minimum Gasteiger partial charge on any atom is -0.330 e. The second-order valence-corrected chi connectivity index (χ2v) is 47.0. The van der Waals surface area contributed by atoms with Gasteiger partial charge in [-0.05, 0) is 349 Å². The Kier molecular flexibility index (Phi) is 114. The maximum absolute atomic E-state index is 8.25. The van der Waals surface area contributed by atoms with Crippen LogP contribution in [0, 0.1) is 91.2 Å². The lowest BCUT2D eigenvalue weighted by atomic mass is 9.89. The molecule has 8 unspecified atom stereocenters. The molecule has 122 heavy (non-hydrogen) atoms. The topological polar surface area (TPSA) is 200 Å². The largest absolute Gasteiger partial charge is 0.330 e. The van der Waals surface area contributed by atoms with Gasteiger partial charge in [-0.3, -0.25) is 0 Å². The molecule has 4 aliphatic carbocycles. The minimum absolute atomic E-state index is 0. The van der Waals surface area contributed by atoms with Crippen LogP contribution in [0.1, 0.15) is 478 Å². The first-order valence-electron chi connectivity index (χ1n) is 49.4. The molecule has 4 saturated carbocycles. The molecule has 0 aliphatic heterocycles. The van der Waals surface area contributed by atoms with Crippen LogP contribution >= 0.6 is 99.3 Å². The fourth-order valence-corrected chi connectivity index (χ4v) is 13.7. The summed E-state index contributed by atoms with van der Waals surface area (Å²) in [6.07, 6.45) is 55.5. The maximum atomic E-state index is 8.25. The van der Waals surface area contributed by atoms with Crippen molar-refractivity contribution in [2.75, 3.05) is 85.1 Å². The fourth-order valence-electron chi connectivity index (χ4n) is 13.7. The van der Waals surface area contributed by atoms with E-state index in [2.05, 4.69) is 232 Å². The summed E-state index contributed by atoms with van der Waals surface area (Å²) >= 11 is 0. The summed E-state index contributed by atoms with van der Waals surface area (Å²) in [5, 5.41) is 29.7. The lowest BCUT2D eigenvalue weighted by Crippen LogP contribution is -2.36. The summed E-state index contributed by atoms with van der Waals surface area (Å²) in [5.41, 5.74) is 25.2. The Morgan fingerprint density at radius 2 is 0.475 bits per heavy atom. The number of nitriles is 1. The smallest absolute Gasteiger partial charge is 0.0621 e. The number of nitrogens with one attached hydrogen (secondary N) is 6. The van der Waals surface area contributed by atoms with E-state index in [-0.39, 0.29) is 116 Å². The summed E-state index contributed by atoms with van der Waals surface area (Å²) in [5.74, 6) is 8.14. The van der Waals surface area contributed by atoms with E-state index < -0.39 is 0 Å². The van der Waals surface area contributed by atoms with Gasteiger partial charge < -0.3 is 54.8 Å². The van der Waals surface area contributed by atoms with Gasteiger partial charge in [-0.1, -0.05) is 287 Å². The molecule has 754 valence electrons. The maximum Gasteiger partial charge on any atom is 0.0621 e. The fraction of sp³-hybridized carbons (Fsp3) is 0.990. The zero-order valence-corrected chi connectivity index (χ0v) is 94.4. The SMILES string of the molecule is CC(C)(C)C.CC(C)(C)CCCCC#N.CC(C)(C)CCCCCCCC1CC1CCCCCCCC(C)(C)C.CC(C)(C)CCCCCN.CC(C)(C)N.CC(C)(C)NCCCCNCC1CC1CNCCCCNC(C)(C)C.CCC1CC1CC.CCCCCCC(C)(C)C.Cl.Cl.Cl.Cl.Cl.Cl.Cl.Cl.NCCCCNCC1CC1CNCCCCN. The molecule has 0 aromatic rings. The lowest BCUT2D eigenvalue weighted by molar-refractivity contribution is 0.355. The highest BCUT2D eigenvalue weighted by molar-refractivity contribution is 5.86. The Balaban J connectivity index is -0.000000104. The Bertz CT molecular complexity index is 1860. The first-order chi connectivity index (χ1) is 52.8. The van der Waals surface area contributed by atoms with E-state index in [1.54, 1.807) is 6.42 Å². The highest BCUT2D eigenvalue weighted by atomic mass is 35.5. The highest BCUT2D eigenvalue weighted by Gasteiger charge is 2.37. The predicted octanol–water partition coefficient (Wildman–Crippen LogP) is 30.9. The van der Waals surface area contributed by atoms with Gasteiger partial charge >= 0.3 is 0 Å². The molecule has 0 aromatic carbocycles. The van der Waals surface area contributed by atoms with Crippen molar-refractivity contribution in [3.8, 4) is 6.07 Å². The monoisotopic (exact) mass is 1900 g/mol. The van der Waals surface area contributed by atoms with Gasteiger partial charge in [-0.15, -0.1) is 99.3 Å². The first kappa shape index (κ1) is 152. The Morgan fingerprint density at radius 3 is 0.705 bits per heavy atom. The first-order valence-corrected chi connectivity index (χ1v) is 49.4. The molecular formula is C103H231Cl8N11. The molecule has 14 N–H and O–H groups in total. The van der Waals surface area contributed by atoms with Crippen LogP contribution in [0.4, 0.5) is 0 Å². The number of nitrogens with two attached hydrogens (primary N) is 4. The number of hydrogen-bond donors (Lipinski definition) is 10.